The molecule has 154 valence electrons. The van der Waals surface area contributed by atoms with Gasteiger partial charge in [-0.2, -0.15) is 0 Å². The van der Waals surface area contributed by atoms with Crippen LogP contribution in [0.2, 0.25) is 0 Å². The number of hydrogen-bond acceptors (Lipinski definition) is 6. The molecule has 0 radical (unpaired) electrons. The predicted molar refractivity (Wildman–Crippen MR) is 106 cm³/mol. The Morgan fingerprint density at radius 1 is 0.967 bits per heavy atom. The largest absolute Gasteiger partial charge is 0.469 e. The number of rotatable bonds is 4. The number of amides is 2. The van der Waals surface area contributed by atoms with Crippen LogP contribution in [0, 0.1) is 0 Å². The van der Waals surface area contributed by atoms with Crippen LogP contribution in [0.1, 0.15) is 29.5 Å². The van der Waals surface area contributed by atoms with E-state index in [1.54, 1.807) is 18.2 Å². The number of benzene rings is 2. The molecule has 30 heavy (non-hydrogen) atoms. The second-order valence-corrected chi connectivity index (χ2v) is 7.48. The van der Waals surface area contributed by atoms with Crippen LogP contribution in [0.4, 0.5) is 11.4 Å². The number of esters is 1. The van der Waals surface area contributed by atoms with E-state index in [4.69, 9.17) is 14.2 Å². The molecular weight excluding hydrogens is 388 g/mol. The van der Waals surface area contributed by atoms with Crippen LogP contribution in [0.5, 0.6) is 0 Å². The predicted octanol–water partition coefficient (Wildman–Crippen LogP) is 2.03. The highest BCUT2D eigenvalue weighted by molar-refractivity contribution is 6.12. The third-order valence-electron chi connectivity index (χ3n) is 6.06. The van der Waals surface area contributed by atoms with Crippen molar-refractivity contribution in [2.24, 2.45) is 0 Å². The Labute approximate surface area is 172 Å². The molecule has 0 aromatic heterocycles. The number of anilines is 2. The van der Waals surface area contributed by atoms with Gasteiger partial charge in [-0.3, -0.25) is 14.4 Å². The fourth-order valence-corrected chi connectivity index (χ4v) is 4.69. The van der Waals surface area contributed by atoms with Crippen LogP contribution in [-0.4, -0.2) is 38.1 Å². The van der Waals surface area contributed by atoms with Gasteiger partial charge in [0, 0.05) is 17.7 Å². The van der Waals surface area contributed by atoms with Crippen LogP contribution >= 0.6 is 0 Å². The van der Waals surface area contributed by atoms with Crippen LogP contribution in [0.15, 0.2) is 42.5 Å². The van der Waals surface area contributed by atoms with Crippen molar-refractivity contribution in [3.8, 4) is 0 Å². The van der Waals surface area contributed by atoms with Gasteiger partial charge in [0.2, 0.25) is 5.91 Å². The fraction of sp³-hybridized carbons (Fsp3) is 0.318. The maximum Gasteiger partial charge on any atom is 0.305 e. The minimum Gasteiger partial charge on any atom is -0.469 e. The Bertz CT molecular complexity index is 1080. The maximum atomic E-state index is 13.4. The van der Waals surface area contributed by atoms with Crippen molar-refractivity contribution in [3.05, 3.63) is 59.2 Å². The molecule has 2 aromatic rings. The first-order valence-corrected chi connectivity index (χ1v) is 9.74. The highest BCUT2D eigenvalue weighted by Gasteiger charge is 2.56. The molecule has 5 rings (SSSR count). The molecule has 8 heteroatoms. The average Bonchev–Trinajstić information content (AvgIpc) is 3.43. The highest BCUT2D eigenvalue weighted by Crippen LogP contribution is 2.52. The van der Waals surface area contributed by atoms with Crippen molar-refractivity contribution in [2.45, 2.75) is 24.0 Å². The molecule has 8 nitrogen and oxygen atoms in total. The molecule has 0 bridgehead atoms. The molecule has 3 heterocycles. The maximum absolute atomic E-state index is 13.4. The molecule has 1 atom stereocenters. The first kappa shape index (κ1) is 18.8. The van der Waals surface area contributed by atoms with Gasteiger partial charge in [-0.1, -0.05) is 36.4 Å². The summed E-state index contributed by atoms with van der Waals surface area (Å²) in [6, 6.07) is 12.7. The minimum atomic E-state index is -1.50. The van der Waals surface area contributed by atoms with E-state index in [1.807, 2.05) is 24.3 Å². The molecule has 3 aliphatic rings. The van der Waals surface area contributed by atoms with E-state index in [2.05, 4.69) is 10.6 Å². The Kier molecular flexibility index (Phi) is 4.16. The van der Waals surface area contributed by atoms with Gasteiger partial charge in [-0.05, 0) is 23.6 Å². The number of para-hydroxylation sites is 2. The number of carbonyl (C=O) groups is 3. The first-order chi connectivity index (χ1) is 14.5. The van der Waals surface area contributed by atoms with E-state index >= 15 is 0 Å². The zero-order chi connectivity index (χ0) is 20.9. The van der Waals surface area contributed by atoms with Crippen LogP contribution in [0.25, 0.3) is 0 Å². The molecule has 0 unspecified atom stereocenters. The van der Waals surface area contributed by atoms with Crippen LogP contribution < -0.4 is 10.6 Å². The summed E-state index contributed by atoms with van der Waals surface area (Å²) in [5, 5.41) is 5.79. The number of ether oxygens (including phenoxy) is 3. The van der Waals surface area contributed by atoms with Crippen molar-refractivity contribution in [1.29, 1.82) is 0 Å². The third kappa shape index (κ3) is 2.37. The smallest absolute Gasteiger partial charge is 0.305 e. The van der Waals surface area contributed by atoms with Gasteiger partial charge in [0.15, 0.2) is 0 Å². The lowest BCUT2D eigenvalue weighted by Crippen LogP contribution is -2.37. The van der Waals surface area contributed by atoms with E-state index in [-0.39, 0.29) is 18.7 Å². The van der Waals surface area contributed by atoms with Gasteiger partial charge < -0.3 is 24.8 Å². The zero-order valence-electron chi connectivity index (χ0n) is 16.3. The number of hydrogen-bond donors (Lipinski definition) is 2. The topological polar surface area (TPSA) is 103 Å². The summed E-state index contributed by atoms with van der Waals surface area (Å²) < 4.78 is 16.2. The third-order valence-corrected chi connectivity index (χ3v) is 6.06. The molecule has 3 aliphatic heterocycles. The van der Waals surface area contributed by atoms with Crippen molar-refractivity contribution in [1.82, 2.24) is 0 Å². The van der Waals surface area contributed by atoms with E-state index in [0.717, 1.165) is 5.56 Å². The van der Waals surface area contributed by atoms with Crippen molar-refractivity contribution in [3.63, 3.8) is 0 Å². The van der Waals surface area contributed by atoms with Crippen LogP contribution in [-0.2, 0) is 39.8 Å². The lowest BCUT2D eigenvalue weighted by molar-refractivity contribution is -0.178. The quantitative estimate of drug-likeness (QED) is 0.751. The lowest BCUT2D eigenvalue weighted by atomic mass is 9.71. The minimum absolute atomic E-state index is 0.0357. The molecule has 1 saturated heterocycles. The second-order valence-electron chi connectivity index (χ2n) is 7.48. The first-order valence-electron chi connectivity index (χ1n) is 9.74. The van der Waals surface area contributed by atoms with Gasteiger partial charge in [0.25, 0.3) is 11.7 Å². The molecular formula is C22H20N2O6. The van der Waals surface area contributed by atoms with Crippen molar-refractivity contribution < 1.29 is 28.6 Å². The van der Waals surface area contributed by atoms with E-state index in [1.165, 1.54) is 7.11 Å². The molecule has 1 spiro atoms. The van der Waals surface area contributed by atoms with Gasteiger partial charge in [-0.15, -0.1) is 0 Å². The zero-order valence-corrected chi connectivity index (χ0v) is 16.3. The van der Waals surface area contributed by atoms with E-state index < -0.39 is 23.1 Å². The standard InChI is InChI=1S/C22H20N2O6/c1-28-17(25)9-10-21(13-5-2-3-8-16(13)23-19(21)26)14-6-4-7-15-18(14)24-20(27)22(15)29-11-12-30-22/h2-8H,9-12H2,1H3,(H,23,26)(H,24,27)/t21-/m1/s1. The summed E-state index contributed by atoms with van der Waals surface area (Å²) in [4.78, 5) is 38.2. The summed E-state index contributed by atoms with van der Waals surface area (Å²) in [5.74, 6) is -2.59. The lowest BCUT2D eigenvalue weighted by Gasteiger charge is -2.30. The summed E-state index contributed by atoms with van der Waals surface area (Å²) >= 11 is 0. The normalized spacial score (nSPS) is 23.1. The van der Waals surface area contributed by atoms with E-state index in [9.17, 15) is 14.4 Å². The molecule has 2 amide bonds. The number of nitrogens with one attached hydrogen (secondary N) is 2. The summed E-state index contributed by atoms with van der Waals surface area (Å²) in [6.45, 7) is 0.599. The van der Waals surface area contributed by atoms with Gasteiger partial charge in [0.1, 0.15) is 5.41 Å². The molecule has 1 fully saturated rings. The Balaban J connectivity index is 1.72. The molecule has 0 aliphatic carbocycles. The summed E-state index contributed by atoms with van der Waals surface area (Å²) in [5.41, 5.74) is 1.87. The number of carbonyl (C=O) groups excluding carboxylic acids is 3. The fourth-order valence-electron chi connectivity index (χ4n) is 4.69. The number of fused-ring (bicyclic) bond motifs is 3. The summed E-state index contributed by atoms with van der Waals surface area (Å²) in [7, 11) is 1.32. The van der Waals surface area contributed by atoms with Gasteiger partial charge in [-0.25, -0.2) is 0 Å². The number of methoxy groups -OCH3 is 1. The summed E-state index contributed by atoms with van der Waals surface area (Å²) in [6.07, 6.45) is 0.220. The average molecular weight is 408 g/mol. The SMILES string of the molecule is COC(=O)CC[C@@]1(c2cccc3c2NC(=O)C32OCCO2)C(=O)Nc2ccccc21. The monoisotopic (exact) mass is 408 g/mol. The second kappa shape index (κ2) is 6.65. The van der Waals surface area contributed by atoms with Gasteiger partial charge in [0.05, 0.1) is 26.0 Å². The Morgan fingerprint density at radius 2 is 1.67 bits per heavy atom. The van der Waals surface area contributed by atoms with Crippen molar-refractivity contribution >= 4 is 29.2 Å². The molecule has 2 N–H and O–H groups in total. The Hall–Kier alpha value is -3.23. The molecule has 2 aromatic carbocycles. The van der Waals surface area contributed by atoms with Gasteiger partial charge >= 0.3 is 5.97 Å². The Morgan fingerprint density at radius 3 is 2.43 bits per heavy atom. The molecule has 0 saturated carbocycles. The van der Waals surface area contributed by atoms with E-state index in [0.29, 0.717) is 35.7 Å². The van der Waals surface area contributed by atoms with Crippen LogP contribution in [0.3, 0.4) is 0 Å². The highest BCUT2D eigenvalue weighted by atomic mass is 16.7. The van der Waals surface area contributed by atoms with Crippen molar-refractivity contribution in [2.75, 3.05) is 31.0 Å².